The summed E-state index contributed by atoms with van der Waals surface area (Å²) in [5.41, 5.74) is 2.00. The lowest BCUT2D eigenvalue weighted by Gasteiger charge is -2.28. The number of anilines is 2. The van der Waals surface area contributed by atoms with Gasteiger partial charge < -0.3 is 10.1 Å². The number of aryl methyl sites for hydroxylation is 1. The van der Waals surface area contributed by atoms with Crippen molar-refractivity contribution in [2.24, 2.45) is 0 Å². The normalized spacial score (nSPS) is 15.1. The number of nitrogens with one attached hydrogen (secondary N) is 1. The molecule has 0 saturated carbocycles. The molecule has 0 spiro atoms. The van der Waals surface area contributed by atoms with Crippen LogP contribution in [0.25, 0.3) is 0 Å². The van der Waals surface area contributed by atoms with Gasteiger partial charge in [0.15, 0.2) is 0 Å². The van der Waals surface area contributed by atoms with E-state index in [4.69, 9.17) is 4.74 Å². The molecule has 2 amide bonds. The molecule has 23 heavy (non-hydrogen) atoms. The lowest BCUT2D eigenvalue weighted by molar-refractivity contribution is -0.115. The van der Waals surface area contributed by atoms with Crippen LogP contribution in [-0.2, 0) is 9.53 Å². The van der Waals surface area contributed by atoms with Crippen LogP contribution in [0.1, 0.15) is 33.4 Å². The summed E-state index contributed by atoms with van der Waals surface area (Å²) in [5.74, 6) is -0.415. The van der Waals surface area contributed by atoms with E-state index in [0.717, 1.165) is 5.01 Å². The Morgan fingerprint density at radius 2 is 2.17 bits per heavy atom. The second-order valence-electron chi connectivity index (χ2n) is 5.30. The number of para-hydroxylation sites is 2. The number of hydrogen-bond donors (Lipinski definition) is 1. The van der Waals surface area contributed by atoms with Gasteiger partial charge in [0.25, 0.3) is 5.91 Å². The van der Waals surface area contributed by atoms with Gasteiger partial charge in [-0.2, -0.15) is 0 Å². The standard InChI is InChI=1S/C16H17N3O3S/c1-9-14(23-15(17-9)10(2)22-3)16(21)19-8-13(20)18-11-6-4-5-7-12(11)19/h4-7,10H,8H2,1-3H3,(H,18,20). The van der Waals surface area contributed by atoms with Gasteiger partial charge in [-0.1, -0.05) is 12.1 Å². The first kappa shape index (κ1) is 15.6. The van der Waals surface area contributed by atoms with Gasteiger partial charge in [0.2, 0.25) is 5.91 Å². The Bertz CT molecular complexity index is 772. The monoisotopic (exact) mass is 331 g/mol. The van der Waals surface area contributed by atoms with Crippen LogP contribution in [0.5, 0.6) is 0 Å². The summed E-state index contributed by atoms with van der Waals surface area (Å²) in [5, 5.41) is 3.53. The van der Waals surface area contributed by atoms with Crippen LogP contribution in [0.2, 0.25) is 0 Å². The quantitative estimate of drug-likeness (QED) is 0.939. The number of amides is 2. The number of carbonyl (C=O) groups is 2. The molecule has 2 heterocycles. The number of hydrogen-bond acceptors (Lipinski definition) is 5. The minimum absolute atomic E-state index is 0.00233. The van der Waals surface area contributed by atoms with Crippen LogP contribution < -0.4 is 10.2 Å². The maximum atomic E-state index is 12.9. The van der Waals surface area contributed by atoms with Gasteiger partial charge in [0.05, 0.1) is 17.1 Å². The summed E-state index contributed by atoms with van der Waals surface area (Å²) in [6, 6.07) is 7.27. The van der Waals surface area contributed by atoms with E-state index < -0.39 is 0 Å². The average Bonchev–Trinajstić information content (AvgIpc) is 2.94. The van der Waals surface area contributed by atoms with Crippen LogP contribution in [0.15, 0.2) is 24.3 Å². The SMILES string of the molecule is COC(C)c1nc(C)c(C(=O)N2CC(=O)Nc3ccccc32)s1. The minimum atomic E-state index is -0.211. The topological polar surface area (TPSA) is 71.5 Å². The molecule has 1 aliphatic rings. The number of benzene rings is 1. The van der Waals surface area contributed by atoms with E-state index in [2.05, 4.69) is 10.3 Å². The number of aromatic nitrogens is 1. The van der Waals surface area contributed by atoms with Gasteiger partial charge in [-0.15, -0.1) is 11.3 Å². The Morgan fingerprint density at radius 1 is 1.43 bits per heavy atom. The number of rotatable bonds is 3. The van der Waals surface area contributed by atoms with E-state index in [-0.39, 0.29) is 24.5 Å². The molecule has 0 saturated heterocycles. The summed E-state index contributed by atoms with van der Waals surface area (Å²) < 4.78 is 5.26. The third-order valence-electron chi connectivity index (χ3n) is 3.72. The highest BCUT2D eigenvalue weighted by molar-refractivity contribution is 7.14. The molecular weight excluding hydrogens is 314 g/mol. The molecule has 6 nitrogen and oxygen atoms in total. The molecule has 1 aliphatic heterocycles. The summed E-state index contributed by atoms with van der Waals surface area (Å²) in [7, 11) is 1.61. The Balaban J connectivity index is 1.98. The van der Waals surface area contributed by atoms with Crippen molar-refractivity contribution >= 4 is 34.5 Å². The zero-order chi connectivity index (χ0) is 16.6. The van der Waals surface area contributed by atoms with E-state index in [0.29, 0.717) is 21.9 Å². The molecule has 0 fully saturated rings. The third kappa shape index (κ3) is 2.85. The highest BCUT2D eigenvalue weighted by Crippen LogP contribution is 2.32. The van der Waals surface area contributed by atoms with Gasteiger partial charge in [0.1, 0.15) is 22.5 Å². The lowest BCUT2D eigenvalue weighted by Crippen LogP contribution is -2.42. The first-order valence-corrected chi connectivity index (χ1v) is 8.03. The van der Waals surface area contributed by atoms with Gasteiger partial charge in [-0.25, -0.2) is 4.98 Å². The van der Waals surface area contributed by atoms with Crippen LogP contribution in [0, 0.1) is 6.92 Å². The van der Waals surface area contributed by atoms with Gasteiger partial charge in [-0.3, -0.25) is 14.5 Å². The second-order valence-corrected chi connectivity index (χ2v) is 6.33. The van der Waals surface area contributed by atoms with Crippen molar-refractivity contribution in [3.63, 3.8) is 0 Å². The molecule has 1 aromatic heterocycles. The molecule has 1 N–H and O–H groups in total. The molecule has 1 unspecified atom stereocenters. The van der Waals surface area contributed by atoms with Crippen molar-refractivity contribution in [1.82, 2.24) is 4.98 Å². The molecule has 0 bridgehead atoms. The molecule has 0 radical (unpaired) electrons. The van der Waals surface area contributed by atoms with Gasteiger partial charge in [-0.05, 0) is 26.0 Å². The predicted octanol–water partition coefficient (Wildman–Crippen LogP) is 2.76. The molecule has 0 aliphatic carbocycles. The van der Waals surface area contributed by atoms with E-state index in [1.807, 2.05) is 25.1 Å². The smallest absolute Gasteiger partial charge is 0.270 e. The van der Waals surface area contributed by atoms with E-state index in [9.17, 15) is 9.59 Å². The number of carbonyl (C=O) groups excluding carboxylic acids is 2. The summed E-state index contributed by atoms with van der Waals surface area (Å²) in [6.45, 7) is 3.68. The summed E-state index contributed by atoms with van der Waals surface area (Å²) >= 11 is 1.31. The van der Waals surface area contributed by atoms with Crippen LogP contribution in [0.3, 0.4) is 0 Å². The molecule has 1 atom stereocenters. The predicted molar refractivity (Wildman–Crippen MR) is 89.0 cm³/mol. The summed E-state index contributed by atoms with van der Waals surface area (Å²) in [4.78, 5) is 31.3. The number of fused-ring (bicyclic) bond motifs is 1. The van der Waals surface area contributed by atoms with Crippen LogP contribution >= 0.6 is 11.3 Å². The number of nitrogens with zero attached hydrogens (tertiary/aromatic N) is 2. The highest BCUT2D eigenvalue weighted by atomic mass is 32.1. The molecule has 120 valence electrons. The van der Waals surface area contributed by atoms with Gasteiger partial charge in [0, 0.05) is 7.11 Å². The molecule has 3 rings (SSSR count). The number of ether oxygens (including phenoxy) is 1. The number of methoxy groups -OCH3 is 1. The second kappa shape index (κ2) is 6.10. The first-order valence-electron chi connectivity index (χ1n) is 7.22. The van der Waals surface area contributed by atoms with Crippen molar-refractivity contribution in [1.29, 1.82) is 0 Å². The maximum Gasteiger partial charge on any atom is 0.270 e. The molecule has 1 aromatic carbocycles. The highest BCUT2D eigenvalue weighted by Gasteiger charge is 2.30. The Kier molecular flexibility index (Phi) is 4.14. The zero-order valence-corrected chi connectivity index (χ0v) is 13.9. The van der Waals surface area contributed by atoms with Crippen molar-refractivity contribution in [3.05, 3.63) is 39.8 Å². The molecule has 2 aromatic rings. The third-order valence-corrected chi connectivity index (χ3v) is 5.03. The Hall–Kier alpha value is -2.25. The lowest BCUT2D eigenvalue weighted by atomic mass is 10.2. The zero-order valence-electron chi connectivity index (χ0n) is 13.1. The molecule has 7 heteroatoms. The molecular formula is C16H17N3O3S. The fourth-order valence-corrected chi connectivity index (χ4v) is 3.47. The van der Waals surface area contributed by atoms with Crippen molar-refractivity contribution < 1.29 is 14.3 Å². The largest absolute Gasteiger partial charge is 0.375 e. The van der Waals surface area contributed by atoms with Crippen LogP contribution in [0.4, 0.5) is 11.4 Å². The summed E-state index contributed by atoms with van der Waals surface area (Å²) in [6.07, 6.45) is -0.169. The van der Waals surface area contributed by atoms with E-state index >= 15 is 0 Å². The van der Waals surface area contributed by atoms with Crippen molar-refractivity contribution in [3.8, 4) is 0 Å². The van der Waals surface area contributed by atoms with Gasteiger partial charge >= 0.3 is 0 Å². The Morgan fingerprint density at radius 3 is 2.91 bits per heavy atom. The fraction of sp³-hybridized carbons (Fsp3) is 0.312. The average molecular weight is 331 g/mol. The first-order chi connectivity index (χ1) is 11.0. The fourth-order valence-electron chi connectivity index (χ4n) is 2.43. The number of thiazole rings is 1. The van der Waals surface area contributed by atoms with E-state index in [1.54, 1.807) is 20.1 Å². The van der Waals surface area contributed by atoms with Crippen molar-refractivity contribution in [2.45, 2.75) is 20.0 Å². The van der Waals surface area contributed by atoms with E-state index in [1.165, 1.54) is 16.2 Å². The minimum Gasteiger partial charge on any atom is -0.375 e. The Labute approximate surface area is 138 Å². The maximum absolute atomic E-state index is 12.9. The van der Waals surface area contributed by atoms with Crippen molar-refractivity contribution in [2.75, 3.05) is 23.9 Å². The van der Waals surface area contributed by atoms with Crippen LogP contribution in [-0.4, -0.2) is 30.5 Å².